The van der Waals surface area contributed by atoms with Gasteiger partial charge in [0.2, 0.25) is 5.91 Å². The first-order valence-electron chi connectivity index (χ1n) is 7.72. The molecule has 0 aliphatic carbocycles. The van der Waals surface area contributed by atoms with Crippen LogP contribution < -0.4 is 5.32 Å². The van der Waals surface area contributed by atoms with Crippen molar-refractivity contribution in [3.05, 3.63) is 18.2 Å². The van der Waals surface area contributed by atoms with Crippen molar-refractivity contribution in [1.29, 1.82) is 0 Å². The Morgan fingerprint density at radius 1 is 1.42 bits per heavy atom. The van der Waals surface area contributed by atoms with E-state index in [1.165, 1.54) is 17.0 Å². The zero-order valence-electron chi connectivity index (χ0n) is 13.8. The number of benzene rings is 1. The number of hydrogen-bond donors (Lipinski definition) is 3. The molecule has 24 heavy (non-hydrogen) atoms. The van der Waals surface area contributed by atoms with Gasteiger partial charge in [-0.25, -0.2) is 4.79 Å². The first-order chi connectivity index (χ1) is 11.2. The topological polar surface area (TPSA) is 108 Å². The van der Waals surface area contributed by atoms with Crippen LogP contribution in [-0.4, -0.2) is 50.4 Å². The number of aromatic nitrogens is 2. The number of amides is 2. The highest BCUT2D eigenvalue weighted by Gasteiger charge is 2.40. The molecule has 2 amide bonds. The molecule has 1 fully saturated rings. The number of nitrogens with zero attached hydrogens (tertiary/aromatic N) is 2. The van der Waals surface area contributed by atoms with E-state index in [-0.39, 0.29) is 11.7 Å². The summed E-state index contributed by atoms with van der Waals surface area (Å²) >= 11 is 0. The molecule has 1 aliphatic rings. The van der Waals surface area contributed by atoms with Gasteiger partial charge >= 0.3 is 6.09 Å². The van der Waals surface area contributed by atoms with E-state index in [4.69, 9.17) is 4.74 Å². The second-order valence-electron chi connectivity index (χ2n) is 6.77. The van der Waals surface area contributed by atoms with E-state index in [9.17, 15) is 14.7 Å². The fourth-order valence-electron chi connectivity index (χ4n) is 2.50. The Labute approximate surface area is 138 Å². The largest absolute Gasteiger partial charge is 0.508 e. The Morgan fingerprint density at radius 2 is 2.17 bits per heavy atom. The highest BCUT2D eigenvalue weighted by molar-refractivity contribution is 6.03. The van der Waals surface area contributed by atoms with Gasteiger partial charge in [0.05, 0.1) is 5.52 Å². The Balaban J connectivity index is 1.69. The van der Waals surface area contributed by atoms with Gasteiger partial charge in [-0.2, -0.15) is 5.10 Å². The van der Waals surface area contributed by atoms with Gasteiger partial charge in [0.25, 0.3) is 0 Å². The van der Waals surface area contributed by atoms with Crippen LogP contribution >= 0.6 is 0 Å². The summed E-state index contributed by atoms with van der Waals surface area (Å²) in [5, 5.41) is 19.6. The molecule has 2 aromatic rings. The molecule has 0 bridgehead atoms. The van der Waals surface area contributed by atoms with E-state index < -0.39 is 17.7 Å². The summed E-state index contributed by atoms with van der Waals surface area (Å²) < 4.78 is 5.30. The van der Waals surface area contributed by atoms with E-state index in [1.54, 1.807) is 26.8 Å². The van der Waals surface area contributed by atoms with E-state index >= 15 is 0 Å². The number of ether oxygens (including phenoxy) is 1. The van der Waals surface area contributed by atoms with Crippen LogP contribution in [0.25, 0.3) is 10.9 Å². The van der Waals surface area contributed by atoms with E-state index in [0.29, 0.717) is 29.7 Å². The Bertz CT molecular complexity index is 793. The fraction of sp³-hybridized carbons (Fsp3) is 0.438. The number of rotatable bonds is 2. The van der Waals surface area contributed by atoms with Crippen LogP contribution in [0.5, 0.6) is 5.75 Å². The van der Waals surface area contributed by atoms with Gasteiger partial charge < -0.3 is 15.2 Å². The van der Waals surface area contributed by atoms with Crippen molar-refractivity contribution in [2.45, 2.75) is 38.8 Å². The van der Waals surface area contributed by atoms with E-state index in [0.717, 1.165) is 0 Å². The molecular weight excluding hydrogens is 312 g/mol. The van der Waals surface area contributed by atoms with Crippen molar-refractivity contribution in [2.24, 2.45) is 0 Å². The second-order valence-corrected chi connectivity index (χ2v) is 6.77. The molecule has 1 saturated heterocycles. The highest BCUT2D eigenvalue weighted by Crippen LogP contribution is 2.26. The van der Waals surface area contributed by atoms with Gasteiger partial charge in [-0.3, -0.25) is 14.8 Å². The molecule has 8 heteroatoms. The number of aromatic hydroxyl groups is 1. The van der Waals surface area contributed by atoms with Crippen molar-refractivity contribution < 1.29 is 19.4 Å². The maximum absolute atomic E-state index is 12.4. The third kappa shape index (κ3) is 3.12. The summed E-state index contributed by atoms with van der Waals surface area (Å²) in [6, 6.07) is 4.14. The molecule has 8 nitrogen and oxygen atoms in total. The summed E-state index contributed by atoms with van der Waals surface area (Å²) in [5.41, 5.74) is 0.0107. The highest BCUT2D eigenvalue weighted by atomic mass is 16.6. The lowest BCUT2D eigenvalue weighted by Gasteiger charge is -2.39. The van der Waals surface area contributed by atoms with Crippen molar-refractivity contribution in [3.8, 4) is 5.75 Å². The van der Waals surface area contributed by atoms with Gasteiger partial charge in [0.15, 0.2) is 5.82 Å². The number of fused-ring (bicyclic) bond motifs is 1. The first-order valence-corrected chi connectivity index (χ1v) is 7.72. The minimum atomic E-state index is -0.603. The van der Waals surface area contributed by atoms with Gasteiger partial charge in [0.1, 0.15) is 17.4 Å². The Hall–Kier alpha value is -2.77. The van der Waals surface area contributed by atoms with Crippen LogP contribution in [-0.2, 0) is 9.53 Å². The summed E-state index contributed by atoms with van der Waals surface area (Å²) in [6.07, 6.45) is 0.0829. The minimum Gasteiger partial charge on any atom is -0.508 e. The van der Waals surface area contributed by atoms with Crippen LogP contribution in [0.2, 0.25) is 0 Å². The quantitative estimate of drug-likeness (QED) is 0.781. The van der Waals surface area contributed by atoms with Gasteiger partial charge in [-0.05, 0) is 39.3 Å². The average molecular weight is 332 g/mol. The number of aromatic amines is 1. The zero-order chi connectivity index (χ0) is 17.5. The smallest absolute Gasteiger partial charge is 0.410 e. The molecule has 2 heterocycles. The SMILES string of the molecule is CC(C)(C)OC(=O)N1CC[C@@H]1C(=O)Nc1n[nH]c2cc(O)ccc12. The van der Waals surface area contributed by atoms with Gasteiger partial charge in [-0.15, -0.1) is 0 Å². The zero-order valence-corrected chi connectivity index (χ0v) is 13.8. The molecule has 1 aliphatic heterocycles. The van der Waals surface area contributed by atoms with Gasteiger partial charge in [-0.1, -0.05) is 0 Å². The molecule has 0 spiro atoms. The monoisotopic (exact) mass is 332 g/mol. The van der Waals surface area contributed by atoms with Crippen LogP contribution in [0.3, 0.4) is 0 Å². The van der Waals surface area contributed by atoms with Crippen molar-refractivity contribution >= 4 is 28.7 Å². The summed E-state index contributed by atoms with van der Waals surface area (Å²) in [6.45, 7) is 5.84. The number of anilines is 1. The van der Waals surface area contributed by atoms with Crippen LogP contribution in [0, 0.1) is 0 Å². The average Bonchev–Trinajstić information content (AvgIpc) is 2.77. The van der Waals surface area contributed by atoms with Crippen molar-refractivity contribution in [2.75, 3.05) is 11.9 Å². The Kier molecular flexibility index (Phi) is 3.82. The molecule has 128 valence electrons. The van der Waals surface area contributed by atoms with Crippen LogP contribution in [0.1, 0.15) is 27.2 Å². The van der Waals surface area contributed by atoms with Crippen LogP contribution in [0.15, 0.2) is 18.2 Å². The number of phenolic OH excluding ortho intramolecular Hbond substituents is 1. The number of phenols is 1. The molecule has 0 unspecified atom stereocenters. The lowest BCUT2D eigenvalue weighted by molar-refractivity contribution is -0.125. The third-order valence-corrected chi connectivity index (χ3v) is 3.74. The number of hydrogen-bond acceptors (Lipinski definition) is 5. The summed E-state index contributed by atoms with van der Waals surface area (Å²) in [4.78, 5) is 25.9. The van der Waals surface area contributed by atoms with Gasteiger partial charge in [0, 0.05) is 18.0 Å². The number of carbonyl (C=O) groups is 2. The number of nitrogens with one attached hydrogen (secondary N) is 2. The maximum atomic E-state index is 12.4. The first kappa shape index (κ1) is 16.1. The lowest BCUT2D eigenvalue weighted by atomic mass is 10.0. The molecule has 1 atom stereocenters. The van der Waals surface area contributed by atoms with Crippen molar-refractivity contribution in [1.82, 2.24) is 15.1 Å². The van der Waals surface area contributed by atoms with E-state index in [2.05, 4.69) is 15.5 Å². The molecule has 1 aromatic heterocycles. The summed E-state index contributed by atoms with van der Waals surface area (Å²) in [7, 11) is 0. The van der Waals surface area contributed by atoms with Crippen LogP contribution in [0.4, 0.5) is 10.6 Å². The molecule has 1 aromatic carbocycles. The standard InChI is InChI=1S/C16H20N4O4/c1-16(2,3)24-15(23)20-7-6-12(20)14(22)17-13-10-5-4-9(21)8-11(10)18-19-13/h4-5,8,12,21H,6-7H2,1-3H3,(H2,17,18,19,22)/t12-/m1/s1. The number of likely N-dealkylation sites (tertiary alicyclic amines) is 1. The fourth-order valence-corrected chi connectivity index (χ4v) is 2.50. The molecule has 3 N–H and O–H groups in total. The summed E-state index contributed by atoms with van der Waals surface area (Å²) in [5.74, 6) is 0.166. The second kappa shape index (κ2) is 5.70. The predicted octanol–water partition coefficient (Wildman–Crippen LogP) is 2.22. The number of carbonyl (C=O) groups excluding carboxylic acids is 2. The molecule has 0 radical (unpaired) electrons. The van der Waals surface area contributed by atoms with E-state index in [1.807, 2.05) is 0 Å². The molecule has 0 saturated carbocycles. The normalized spacial score (nSPS) is 17.5. The minimum absolute atomic E-state index is 0.110. The predicted molar refractivity (Wildman–Crippen MR) is 87.7 cm³/mol. The Morgan fingerprint density at radius 3 is 2.79 bits per heavy atom. The van der Waals surface area contributed by atoms with Crippen molar-refractivity contribution in [3.63, 3.8) is 0 Å². The molecule has 3 rings (SSSR count). The maximum Gasteiger partial charge on any atom is 0.410 e. The third-order valence-electron chi connectivity index (χ3n) is 3.74. The lowest BCUT2D eigenvalue weighted by Crippen LogP contribution is -2.57. The molecular formula is C16H20N4O4. The number of H-pyrrole nitrogens is 1.